The maximum absolute atomic E-state index is 12.3. The third kappa shape index (κ3) is 3.80. The minimum atomic E-state index is 0.263. The highest BCUT2D eigenvalue weighted by atomic mass is 16.2. The van der Waals surface area contributed by atoms with Crippen LogP contribution < -0.4 is 5.73 Å². The van der Waals surface area contributed by atoms with Gasteiger partial charge >= 0.3 is 0 Å². The zero-order valence-corrected chi connectivity index (χ0v) is 11.8. The summed E-state index contributed by atoms with van der Waals surface area (Å²) in [5, 5.41) is 0. The first kappa shape index (κ1) is 14.1. The molecule has 1 aliphatic rings. The van der Waals surface area contributed by atoms with Gasteiger partial charge in [0.1, 0.15) is 0 Å². The summed E-state index contributed by atoms with van der Waals surface area (Å²) in [6.07, 6.45) is 4.11. The smallest absolute Gasteiger partial charge is 0.226 e. The Hall–Kier alpha value is -1.35. The van der Waals surface area contributed by atoms with Gasteiger partial charge in [-0.15, -0.1) is 0 Å². The van der Waals surface area contributed by atoms with E-state index in [-0.39, 0.29) is 5.91 Å². The molecule has 0 saturated carbocycles. The molecule has 0 radical (unpaired) electrons. The Morgan fingerprint density at radius 1 is 1.32 bits per heavy atom. The largest absolute Gasteiger partial charge is 0.342 e. The monoisotopic (exact) mass is 260 g/mol. The summed E-state index contributed by atoms with van der Waals surface area (Å²) in [6.45, 7) is 4.63. The molecule has 1 aromatic carbocycles. The summed E-state index contributed by atoms with van der Waals surface area (Å²) in [5.41, 5.74) is 7.77. The van der Waals surface area contributed by atoms with Crippen molar-refractivity contribution in [1.82, 2.24) is 4.90 Å². The average Bonchev–Trinajstić information content (AvgIpc) is 2.48. The summed E-state index contributed by atoms with van der Waals surface area (Å²) in [4.78, 5) is 14.3. The second-order valence-electron chi connectivity index (χ2n) is 5.45. The van der Waals surface area contributed by atoms with Crippen LogP contribution in [0.3, 0.4) is 0 Å². The van der Waals surface area contributed by atoms with Gasteiger partial charge < -0.3 is 10.6 Å². The normalized spacial score (nSPS) is 19.5. The van der Waals surface area contributed by atoms with Crippen LogP contribution in [0.5, 0.6) is 0 Å². The molecule has 0 bridgehead atoms. The quantitative estimate of drug-likeness (QED) is 0.903. The lowest BCUT2D eigenvalue weighted by molar-refractivity contribution is -0.132. The molecule has 1 atom stereocenters. The zero-order chi connectivity index (χ0) is 13.7. The first-order valence-corrected chi connectivity index (χ1v) is 7.28. The van der Waals surface area contributed by atoms with Crippen LogP contribution in [-0.4, -0.2) is 23.9 Å². The van der Waals surface area contributed by atoms with Crippen molar-refractivity contribution in [3.63, 3.8) is 0 Å². The second kappa shape index (κ2) is 6.71. The first-order valence-electron chi connectivity index (χ1n) is 7.28. The third-order valence-corrected chi connectivity index (χ3v) is 4.06. The molecule has 1 amide bonds. The molecule has 3 heteroatoms. The zero-order valence-electron chi connectivity index (χ0n) is 11.8. The molecule has 1 heterocycles. The van der Waals surface area contributed by atoms with E-state index < -0.39 is 0 Å². The predicted molar refractivity (Wildman–Crippen MR) is 77.6 cm³/mol. The van der Waals surface area contributed by atoms with E-state index in [1.165, 1.54) is 12.8 Å². The number of piperidine rings is 1. The minimum Gasteiger partial charge on any atom is -0.342 e. The van der Waals surface area contributed by atoms with Crippen LogP contribution in [0.2, 0.25) is 0 Å². The minimum absolute atomic E-state index is 0.263. The summed E-state index contributed by atoms with van der Waals surface area (Å²) in [5.74, 6) is 0.955. The number of carbonyl (C=O) groups is 1. The molecule has 1 fully saturated rings. The number of nitrogens with two attached hydrogens (primary N) is 1. The van der Waals surface area contributed by atoms with Gasteiger partial charge in [-0.1, -0.05) is 37.6 Å². The molecule has 1 aliphatic heterocycles. The standard InChI is InChI=1S/C16H24N2O/c1-2-13-4-3-9-18(12-13)16(19)10-14-5-7-15(11-17)8-6-14/h5-8,13H,2-4,9-12,17H2,1H3. The van der Waals surface area contributed by atoms with Gasteiger partial charge in [0.15, 0.2) is 0 Å². The van der Waals surface area contributed by atoms with Gasteiger partial charge in [-0.25, -0.2) is 0 Å². The Balaban J connectivity index is 1.92. The van der Waals surface area contributed by atoms with Gasteiger partial charge in [0.25, 0.3) is 0 Å². The highest BCUT2D eigenvalue weighted by molar-refractivity contribution is 5.78. The van der Waals surface area contributed by atoms with Crippen LogP contribution in [0.25, 0.3) is 0 Å². The summed E-state index contributed by atoms with van der Waals surface area (Å²) >= 11 is 0. The Kier molecular flexibility index (Phi) is 4.97. The fourth-order valence-corrected chi connectivity index (χ4v) is 2.70. The van der Waals surface area contributed by atoms with E-state index in [9.17, 15) is 4.79 Å². The third-order valence-electron chi connectivity index (χ3n) is 4.06. The lowest BCUT2D eigenvalue weighted by atomic mass is 9.95. The highest BCUT2D eigenvalue weighted by Gasteiger charge is 2.22. The predicted octanol–water partition coefficient (Wildman–Crippen LogP) is 2.34. The van der Waals surface area contributed by atoms with Crippen LogP contribution in [0.15, 0.2) is 24.3 Å². The number of amides is 1. The average molecular weight is 260 g/mol. The first-order chi connectivity index (χ1) is 9.22. The van der Waals surface area contributed by atoms with Crippen molar-refractivity contribution < 1.29 is 4.79 Å². The molecule has 0 aliphatic carbocycles. The van der Waals surface area contributed by atoms with Gasteiger partial charge in [0.2, 0.25) is 5.91 Å². The van der Waals surface area contributed by atoms with Crippen LogP contribution in [-0.2, 0) is 17.8 Å². The molecule has 1 aromatic rings. The lowest BCUT2D eigenvalue weighted by Crippen LogP contribution is -2.40. The maximum atomic E-state index is 12.3. The number of likely N-dealkylation sites (tertiary alicyclic amines) is 1. The van der Waals surface area contributed by atoms with E-state index in [0.717, 1.165) is 30.6 Å². The molecule has 2 rings (SSSR count). The number of hydrogen-bond acceptors (Lipinski definition) is 2. The molecule has 0 spiro atoms. The molecular weight excluding hydrogens is 236 g/mol. The van der Waals surface area contributed by atoms with Crippen molar-refractivity contribution in [3.05, 3.63) is 35.4 Å². The van der Waals surface area contributed by atoms with Crippen molar-refractivity contribution >= 4 is 5.91 Å². The molecule has 104 valence electrons. The van der Waals surface area contributed by atoms with Crippen LogP contribution in [0.1, 0.15) is 37.3 Å². The van der Waals surface area contributed by atoms with Crippen molar-refractivity contribution in [1.29, 1.82) is 0 Å². The van der Waals surface area contributed by atoms with Crippen LogP contribution in [0.4, 0.5) is 0 Å². The molecule has 1 saturated heterocycles. The van der Waals surface area contributed by atoms with Crippen molar-refractivity contribution in [2.75, 3.05) is 13.1 Å². The van der Waals surface area contributed by atoms with Gasteiger partial charge in [0.05, 0.1) is 6.42 Å². The highest BCUT2D eigenvalue weighted by Crippen LogP contribution is 2.20. The van der Waals surface area contributed by atoms with E-state index in [1.54, 1.807) is 0 Å². The molecule has 19 heavy (non-hydrogen) atoms. The molecule has 0 aromatic heterocycles. The van der Waals surface area contributed by atoms with Crippen molar-refractivity contribution in [2.45, 2.75) is 39.2 Å². The molecule has 2 N–H and O–H groups in total. The number of rotatable bonds is 4. The van der Waals surface area contributed by atoms with E-state index in [2.05, 4.69) is 6.92 Å². The van der Waals surface area contributed by atoms with E-state index >= 15 is 0 Å². The topological polar surface area (TPSA) is 46.3 Å². The van der Waals surface area contributed by atoms with Gasteiger partial charge in [-0.05, 0) is 29.9 Å². The molecule has 3 nitrogen and oxygen atoms in total. The molecule has 1 unspecified atom stereocenters. The van der Waals surface area contributed by atoms with E-state index in [1.807, 2.05) is 29.2 Å². The Bertz CT molecular complexity index is 413. The van der Waals surface area contributed by atoms with Crippen LogP contribution in [0, 0.1) is 5.92 Å². The fraction of sp³-hybridized carbons (Fsp3) is 0.562. The number of carbonyl (C=O) groups excluding carboxylic acids is 1. The fourth-order valence-electron chi connectivity index (χ4n) is 2.70. The van der Waals surface area contributed by atoms with Gasteiger partial charge in [-0.2, -0.15) is 0 Å². The van der Waals surface area contributed by atoms with E-state index in [0.29, 0.717) is 18.9 Å². The number of nitrogens with zero attached hydrogens (tertiary/aromatic N) is 1. The summed E-state index contributed by atoms with van der Waals surface area (Å²) in [6, 6.07) is 8.05. The lowest BCUT2D eigenvalue weighted by Gasteiger charge is -2.32. The summed E-state index contributed by atoms with van der Waals surface area (Å²) in [7, 11) is 0. The molecular formula is C16H24N2O. The second-order valence-corrected chi connectivity index (χ2v) is 5.45. The van der Waals surface area contributed by atoms with Crippen LogP contribution >= 0.6 is 0 Å². The Morgan fingerprint density at radius 3 is 2.63 bits per heavy atom. The Labute approximate surface area is 115 Å². The number of hydrogen-bond donors (Lipinski definition) is 1. The van der Waals surface area contributed by atoms with Gasteiger partial charge in [0, 0.05) is 19.6 Å². The summed E-state index contributed by atoms with van der Waals surface area (Å²) < 4.78 is 0. The van der Waals surface area contributed by atoms with Crippen molar-refractivity contribution in [2.24, 2.45) is 11.7 Å². The SMILES string of the molecule is CCC1CCCN(C(=O)Cc2ccc(CN)cc2)C1. The van der Waals surface area contributed by atoms with Crippen molar-refractivity contribution in [3.8, 4) is 0 Å². The number of benzene rings is 1. The van der Waals surface area contributed by atoms with E-state index in [4.69, 9.17) is 5.73 Å². The van der Waals surface area contributed by atoms with Gasteiger partial charge in [-0.3, -0.25) is 4.79 Å². The maximum Gasteiger partial charge on any atom is 0.226 e. The Morgan fingerprint density at radius 2 is 2.00 bits per heavy atom.